The van der Waals surface area contributed by atoms with Crippen molar-refractivity contribution in [1.82, 2.24) is 40.1 Å². The number of aliphatic hydroxyl groups excluding tert-OH is 1. The van der Waals surface area contributed by atoms with Crippen molar-refractivity contribution >= 4 is 51.3 Å². The summed E-state index contributed by atoms with van der Waals surface area (Å²) in [6, 6.07) is 18.8. The monoisotopic (exact) mass is 1100 g/mol. The highest BCUT2D eigenvalue weighted by atomic mass is 32.1. The zero-order chi connectivity index (χ0) is 55.3. The number of aromatic hydroxyl groups is 1. The van der Waals surface area contributed by atoms with Crippen LogP contribution in [-0.4, -0.2) is 159 Å². The van der Waals surface area contributed by atoms with Crippen LogP contribution in [0.4, 0.5) is 11.5 Å². The number of aliphatic hydroxyl groups is 1. The third-order valence-corrected chi connectivity index (χ3v) is 16.6. The van der Waals surface area contributed by atoms with E-state index < -0.39 is 18.1 Å². The summed E-state index contributed by atoms with van der Waals surface area (Å²) in [5, 5.41) is 30.5. The van der Waals surface area contributed by atoms with E-state index >= 15 is 0 Å². The number of hydrogen-bond donors (Lipinski definition) is 3. The van der Waals surface area contributed by atoms with E-state index in [1.54, 1.807) is 30.4 Å². The van der Waals surface area contributed by atoms with Crippen LogP contribution in [0.15, 0.2) is 83.4 Å². The number of fused-ring (bicyclic) bond motifs is 2. The number of piperidine rings is 1. The number of ether oxygens (including phenoxy) is 3. The van der Waals surface area contributed by atoms with Crippen molar-refractivity contribution in [3.8, 4) is 28.0 Å². The second kappa shape index (κ2) is 24.5. The average molecular weight is 1100 g/mol. The first-order valence-electron chi connectivity index (χ1n) is 27.6. The lowest BCUT2D eigenvalue weighted by atomic mass is 9.91. The van der Waals surface area contributed by atoms with Crippen molar-refractivity contribution < 1.29 is 43.3 Å². The second-order valence-electron chi connectivity index (χ2n) is 21.6. The first-order valence-corrected chi connectivity index (χ1v) is 28.5. The third kappa shape index (κ3) is 12.7. The number of nitrogens with zero attached hydrogens (tertiary/aromatic N) is 9. The number of thiazole rings is 1. The Morgan fingerprint density at radius 3 is 2.48 bits per heavy atom. The van der Waals surface area contributed by atoms with Crippen LogP contribution in [0, 0.1) is 19.8 Å². The summed E-state index contributed by atoms with van der Waals surface area (Å²) in [5.41, 5.74) is 8.04. The molecule has 2 unspecified atom stereocenters. The van der Waals surface area contributed by atoms with Gasteiger partial charge in [0.15, 0.2) is 0 Å². The molecule has 3 aromatic heterocycles. The van der Waals surface area contributed by atoms with Gasteiger partial charge in [-0.3, -0.25) is 19.3 Å². The van der Waals surface area contributed by atoms with E-state index in [0.29, 0.717) is 82.1 Å². The van der Waals surface area contributed by atoms with Crippen molar-refractivity contribution in [1.29, 1.82) is 0 Å². The number of carbonyl (C=O) groups is 3. The fraction of sp³-hybridized carbons (Fsp3) is 0.475. The molecule has 0 bridgehead atoms. The molecule has 20 heteroatoms. The molecule has 0 saturated carbocycles. The molecule has 3 fully saturated rings. The molecule has 4 aliphatic rings. The smallest absolute Gasteiger partial charge is 0.318 e. The molecule has 3 amide bonds. The normalized spacial score (nSPS) is 18.9. The molecule has 0 aliphatic carbocycles. The van der Waals surface area contributed by atoms with Gasteiger partial charge in [-0.25, -0.2) is 4.98 Å². The number of benzene rings is 3. The predicted molar refractivity (Wildman–Crippen MR) is 301 cm³/mol. The number of likely N-dealkylation sites (tertiary alicyclic amines) is 2. The number of aromatic nitrogens is 4. The summed E-state index contributed by atoms with van der Waals surface area (Å²) in [4.78, 5) is 66.2. The van der Waals surface area contributed by atoms with Crippen LogP contribution in [0.1, 0.15) is 79.9 Å². The Morgan fingerprint density at radius 1 is 0.949 bits per heavy atom. The van der Waals surface area contributed by atoms with Crippen LogP contribution < -0.4 is 24.6 Å². The molecule has 3 N–H and O–H groups in total. The minimum absolute atomic E-state index is 0.0494. The number of β-amino-alcohol motifs (C(OH)–C–C–N with tert-alkyl or cyclic N) is 1. The molecule has 7 heterocycles. The Hall–Kier alpha value is -7.13. The fourth-order valence-electron chi connectivity index (χ4n) is 11.5. The van der Waals surface area contributed by atoms with Crippen molar-refractivity contribution in [2.24, 2.45) is 5.92 Å². The van der Waals surface area contributed by atoms with E-state index in [1.165, 1.54) is 11.0 Å². The quantitative estimate of drug-likeness (QED) is 0.0562. The Morgan fingerprint density at radius 2 is 1.75 bits per heavy atom. The third-order valence-electron chi connectivity index (χ3n) is 15.6. The summed E-state index contributed by atoms with van der Waals surface area (Å²) in [6.07, 6.45) is 2.89. The summed E-state index contributed by atoms with van der Waals surface area (Å²) >= 11 is 1.55. The zero-order valence-corrected chi connectivity index (χ0v) is 46.6. The van der Waals surface area contributed by atoms with Crippen LogP contribution in [-0.2, 0) is 38.6 Å². The largest absolute Gasteiger partial charge is 0.508 e. The fourth-order valence-corrected chi connectivity index (χ4v) is 12.3. The lowest BCUT2D eigenvalue weighted by molar-refractivity contribution is -0.141. The maximum atomic E-state index is 14.0. The number of phenols is 1. The van der Waals surface area contributed by atoms with Crippen LogP contribution in [0.25, 0.3) is 21.2 Å². The highest BCUT2D eigenvalue weighted by molar-refractivity contribution is 7.13. The zero-order valence-electron chi connectivity index (χ0n) is 45.8. The van der Waals surface area contributed by atoms with Gasteiger partial charge in [0.1, 0.15) is 47.7 Å². The van der Waals surface area contributed by atoms with E-state index in [9.17, 15) is 24.6 Å². The lowest BCUT2D eigenvalue weighted by Crippen LogP contribution is -2.49. The lowest BCUT2D eigenvalue weighted by Gasteiger charge is -2.38. The molecular weight excluding hydrogens is 1020 g/mol. The summed E-state index contributed by atoms with van der Waals surface area (Å²) < 4.78 is 25.0. The van der Waals surface area contributed by atoms with Gasteiger partial charge < -0.3 is 53.9 Å². The van der Waals surface area contributed by atoms with E-state index in [-0.39, 0.29) is 61.1 Å². The molecule has 10 rings (SSSR count). The van der Waals surface area contributed by atoms with E-state index in [4.69, 9.17) is 28.7 Å². The number of carbonyl (C=O) groups excluding carboxylic acids is 3. The first kappa shape index (κ1) is 55.2. The molecule has 418 valence electrons. The highest BCUT2D eigenvalue weighted by Gasteiger charge is 2.43. The molecule has 0 radical (unpaired) electrons. The molecule has 3 saturated heterocycles. The summed E-state index contributed by atoms with van der Waals surface area (Å²) in [6.45, 7) is 20.2. The number of aryl methyl sites for hydroxylation is 2. The van der Waals surface area contributed by atoms with Crippen LogP contribution in [0.3, 0.4) is 0 Å². The maximum Gasteiger partial charge on any atom is 0.318 e. The topological polar surface area (TPSA) is 212 Å². The standard InChI is InChI=1S/C59H72N10O9S/c1-7-53(72)66-20-22-67(23-21-66)56-47-16-19-68(49-29-43(70)27-40-10-8-9-11-46(40)49)34-48(47)62-59(63-56)77-38(5)32-65-17-14-45(15-18-65)75-24-25-76-51-28-41(55-39(6)61-35-79-55)12-13-42(51)31-60-57(73)50-30-44(71)33-69(50)58(74)54(36(2)3)52-26-37(4)64-78-52/h7-13,26-29,35-36,38,44-45,50,54,70-71H,1,14-25,30-34H2,2-6H3,(H,60,73)/t38?,44-,50+,54?/m1/s1. The number of anilines is 2. The second-order valence-corrected chi connectivity index (χ2v) is 22.4. The van der Waals surface area contributed by atoms with Gasteiger partial charge in [0.05, 0.1) is 52.8 Å². The van der Waals surface area contributed by atoms with Gasteiger partial charge in [0, 0.05) is 106 Å². The Balaban J connectivity index is 0.742. The van der Waals surface area contributed by atoms with Crippen molar-refractivity contribution in [3.05, 3.63) is 113 Å². The molecule has 79 heavy (non-hydrogen) atoms. The number of amides is 3. The highest BCUT2D eigenvalue weighted by Crippen LogP contribution is 2.38. The van der Waals surface area contributed by atoms with E-state index in [1.807, 2.05) is 73.6 Å². The SMILES string of the molecule is C=CC(=O)N1CCN(c2nc(OC(C)CN3CCC(OCCOc4cc(-c5scnc5C)ccc4CNC(=O)[C@@H]4C[C@@H](O)CN4C(=O)C(c4cc(C)no4)C(C)C)CC3)nc3c2CCN(c2cc(O)cc4ccccc24)C3)CC1. The van der Waals surface area contributed by atoms with Gasteiger partial charge >= 0.3 is 6.01 Å². The molecular formula is C59H72N10O9S. The van der Waals surface area contributed by atoms with Crippen molar-refractivity contribution in [2.75, 3.05) is 81.9 Å². The average Bonchev–Trinajstić information content (AvgIpc) is 4.24. The predicted octanol–water partition coefficient (Wildman–Crippen LogP) is 6.81. The maximum absolute atomic E-state index is 14.0. The van der Waals surface area contributed by atoms with Crippen molar-refractivity contribution in [3.63, 3.8) is 0 Å². The number of rotatable bonds is 19. The summed E-state index contributed by atoms with van der Waals surface area (Å²) in [7, 11) is 0. The first-order chi connectivity index (χ1) is 38.2. The Kier molecular flexibility index (Phi) is 17.1. The van der Waals surface area contributed by atoms with E-state index in [2.05, 4.69) is 49.7 Å². The molecule has 0 spiro atoms. The minimum atomic E-state index is -0.856. The van der Waals surface area contributed by atoms with Gasteiger partial charge in [-0.2, -0.15) is 9.97 Å². The van der Waals surface area contributed by atoms with Crippen LogP contribution in [0.5, 0.6) is 17.5 Å². The Bertz CT molecular complexity index is 3150. The van der Waals surface area contributed by atoms with E-state index in [0.717, 1.165) is 87.7 Å². The van der Waals surface area contributed by atoms with Gasteiger partial charge in [-0.15, -0.1) is 11.3 Å². The van der Waals surface area contributed by atoms with Gasteiger partial charge in [0.25, 0.3) is 0 Å². The van der Waals surface area contributed by atoms with Crippen LogP contribution in [0.2, 0.25) is 0 Å². The molecule has 19 nitrogen and oxygen atoms in total. The van der Waals surface area contributed by atoms with Crippen LogP contribution >= 0.6 is 11.3 Å². The van der Waals surface area contributed by atoms with Gasteiger partial charge in [0.2, 0.25) is 17.7 Å². The van der Waals surface area contributed by atoms with Gasteiger partial charge in [-0.05, 0) is 75.1 Å². The molecule has 4 atom stereocenters. The molecule has 4 aliphatic heterocycles. The number of piperazine rings is 1. The Labute approximate surface area is 465 Å². The van der Waals surface area contributed by atoms with Gasteiger partial charge in [-0.1, -0.05) is 62.0 Å². The molecule has 6 aromatic rings. The number of nitrogens with one attached hydrogen (secondary N) is 1. The minimum Gasteiger partial charge on any atom is -0.508 e. The summed E-state index contributed by atoms with van der Waals surface area (Å²) in [5.74, 6) is 0.638. The molecule has 3 aromatic carbocycles. The van der Waals surface area contributed by atoms with Crippen molar-refractivity contribution in [2.45, 2.75) is 104 Å². The number of hydrogen-bond acceptors (Lipinski definition) is 17. The number of phenolic OH excluding ortho intramolecular Hbond substituents is 1.